The molecule has 23 heavy (non-hydrogen) atoms. The second-order valence-corrected chi connectivity index (χ2v) is 6.02. The molecule has 1 saturated heterocycles. The molecule has 1 fully saturated rings. The van der Waals surface area contributed by atoms with Crippen LogP contribution in [0.15, 0.2) is 73.1 Å². The molecule has 0 saturated carbocycles. The highest BCUT2D eigenvalue weighted by Crippen LogP contribution is 2.32. The number of hydrogen-bond donors (Lipinski definition) is 0. The lowest BCUT2D eigenvalue weighted by molar-refractivity contribution is 0.114. The van der Waals surface area contributed by atoms with Crippen molar-refractivity contribution < 1.29 is 4.74 Å². The third-order valence-corrected chi connectivity index (χ3v) is 4.36. The molecule has 0 radical (unpaired) electrons. The Morgan fingerprint density at radius 3 is 2.48 bits per heavy atom. The van der Waals surface area contributed by atoms with Gasteiger partial charge in [0.1, 0.15) is 0 Å². The molecule has 0 amide bonds. The minimum absolute atomic E-state index is 0.0362. The van der Waals surface area contributed by atoms with Crippen LogP contribution in [0.5, 0.6) is 0 Å². The van der Waals surface area contributed by atoms with Crippen LogP contribution in [0.25, 0.3) is 5.69 Å². The fraction of sp³-hybridized carbons (Fsp3) is 0.158. The number of para-hydroxylation sites is 1. The summed E-state index contributed by atoms with van der Waals surface area (Å²) in [6.45, 7) is 1.65. The molecule has 0 unspecified atom stereocenters. The monoisotopic (exact) mass is 324 g/mol. The molecule has 2 heterocycles. The van der Waals surface area contributed by atoms with Crippen LogP contribution in [-0.4, -0.2) is 17.7 Å². The summed E-state index contributed by atoms with van der Waals surface area (Å²) in [5, 5.41) is 0.746. The number of aromatic nitrogens is 1. The quantitative estimate of drug-likeness (QED) is 0.696. The van der Waals surface area contributed by atoms with E-state index in [0.29, 0.717) is 0 Å². The first-order valence-electron chi connectivity index (χ1n) is 7.68. The van der Waals surface area contributed by atoms with E-state index in [2.05, 4.69) is 52.2 Å². The molecule has 116 valence electrons. The molecule has 1 atom stereocenters. The summed E-state index contributed by atoms with van der Waals surface area (Å²) < 4.78 is 8.06. The molecule has 3 aromatic rings. The molecule has 1 aliphatic heterocycles. The van der Waals surface area contributed by atoms with Crippen LogP contribution in [0.2, 0.25) is 5.02 Å². The van der Waals surface area contributed by atoms with Crippen LogP contribution < -0.4 is 4.90 Å². The van der Waals surface area contributed by atoms with Crippen LogP contribution in [0.1, 0.15) is 11.8 Å². The minimum Gasteiger partial charge on any atom is -0.352 e. The van der Waals surface area contributed by atoms with Gasteiger partial charge in [-0.15, -0.1) is 0 Å². The van der Waals surface area contributed by atoms with Gasteiger partial charge in [-0.2, -0.15) is 0 Å². The number of ether oxygens (including phenoxy) is 1. The number of benzene rings is 2. The Kier molecular flexibility index (Phi) is 3.82. The van der Waals surface area contributed by atoms with Crippen molar-refractivity contribution in [2.45, 2.75) is 6.23 Å². The predicted molar refractivity (Wildman–Crippen MR) is 93.3 cm³/mol. The standard InChI is InChI=1S/C19H17ClN2O/c20-16-6-8-17(9-7-16)21-11-10-15(14-21)19-22(12-13-23-19)18-4-2-1-3-5-18/h1-11,14,19H,12-13H2/t19-/m1/s1. The van der Waals surface area contributed by atoms with E-state index in [1.165, 1.54) is 5.69 Å². The van der Waals surface area contributed by atoms with Crippen LogP contribution in [0.3, 0.4) is 0 Å². The predicted octanol–water partition coefficient (Wildman–Crippen LogP) is 4.67. The minimum atomic E-state index is -0.0362. The van der Waals surface area contributed by atoms with E-state index in [1.54, 1.807) is 0 Å². The summed E-state index contributed by atoms with van der Waals surface area (Å²) in [5.74, 6) is 0. The largest absolute Gasteiger partial charge is 0.352 e. The van der Waals surface area contributed by atoms with Gasteiger partial charge in [-0.3, -0.25) is 0 Å². The third-order valence-electron chi connectivity index (χ3n) is 4.10. The molecule has 0 N–H and O–H groups in total. The van der Waals surface area contributed by atoms with Gasteiger partial charge in [-0.25, -0.2) is 0 Å². The first-order valence-corrected chi connectivity index (χ1v) is 8.06. The summed E-state index contributed by atoms with van der Waals surface area (Å²) in [6.07, 6.45) is 4.14. The number of anilines is 1. The fourth-order valence-electron chi connectivity index (χ4n) is 2.96. The van der Waals surface area contributed by atoms with Gasteiger partial charge in [0, 0.05) is 40.9 Å². The first kappa shape index (κ1) is 14.4. The molecule has 1 aromatic heterocycles. The Balaban J connectivity index is 1.62. The van der Waals surface area contributed by atoms with Crippen molar-refractivity contribution in [1.29, 1.82) is 0 Å². The second-order valence-electron chi connectivity index (χ2n) is 5.58. The van der Waals surface area contributed by atoms with Gasteiger partial charge in [0.25, 0.3) is 0 Å². The molecular formula is C19H17ClN2O. The smallest absolute Gasteiger partial charge is 0.158 e. The van der Waals surface area contributed by atoms with E-state index in [1.807, 2.05) is 30.3 Å². The van der Waals surface area contributed by atoms with E-state index in [9.17, 15) is 0 Å². The summed E-state index contributed by atoms with van der Waals surface area (Å²) in [7, 11) is 0. The van der Waals surface area contributed by atoms with Crippen molar-refractivity contribution in [1.82, 2.24) is 4.57 Å². The lowest BCUT2D eigenvalue weighted by Gasteiger charge is -2.24. The van der Waals surface area contributed by atoms with Gasteiger partial charge in [0.05, 0.1) is 6.61 Å². The molecule has 4 heteroatoms. The van der Waals surface area contributed by atoms with Gasteiger partial charge < -0.3 is 14.2 Å². The zero-order valence-electron chi connectivity index (χ0n) is 12.6. The summed E-state index contributed by atoms with van der Waals surface area (Å²) in [6, 6.07) is 20.3. The molecule has 2 aromatic carbocycles. The SMILES string of the molecule is Clc1ccc(-n2ccc([C@H]3OCCN3c3ccccc3)c2)cc1. The Labute approximate surface area is 140 Å². The first-order chi connectivity index (χ1) is 11.3. The van der Waals surface area contributed by atoms with Crippen LogP contribution >= 0.6 is 11.6 Å². The van der Waals surface area contributed by atoms with Crippen molar-refractivity contribution in [2.75, 3.05) is 18.1 Å². The fourth-order valence-corrected chi connectivity index (χ4v) is 3.09. The summed E-state index contributed by atoms with van der Waals surface area (Å²) in [4.78, 5) is 2.29. The highest BCUT2D eigenvalue weighted by Gasteiger charge is 2.27. The molecular weight excluding hydrogens is 308 g/mol. The maximum Gasteiger partial charge on any atom is 0.158 e. The van der Waals surface area contributed by atoms with Gasteiger partial charge in [-0.1, -0.05) is 29.8 Å². The third kappa shape index (κ3) is 2.85. The van der Waals surface area contributed by atoms with Crippen molar-refractivity contribution >= 4 is 17.3 Å². The maximum atomic E-state index is 5.97. The Hall–Kier alpha value is -2.23. The number of hydrogen-bond acceptors (Lipinski definition) is 2. The molecule has 0 aliphatic carbocycles. The van der Waals surface area contributed by atoms with Gasteiger partial charge >= 0.3 is 0 Å². The number of nitrogens with zero attached hydrogens (tertiary/aromatic N) is 2. The summed E-state index contributed by atoms with van der Waals surface area (Å²) >= 11 is 5.96. The molecule has 0 bridgehead atoms. The molecule has 4 rings (SSSR count). The lowest BCUT2D eigenvalue weighted by Crippen LogP contribution is -2.22. The molecule has 3 nitrogen and oxygen atoms in total. The van der Waals surface area contributed by atoms with Gasteiger partial charge in [0.15, 0.2) is 6.23 Å². The second kappa shape index (κ2) is 6.11. The maximum absolute atomic E-state index is 5.97. The van der Waals surface area contributed by atoms with Crippen LogP contribution in [0, 0.1) is 0 Å². The lowest BCUT2D eigenvalue weighted by atomic mass is 10.2. The topological polar surface area (TPSA) is 17.4 Å². The average molecular weight is 325 g/mol. The van der Waals surface area contributed by atoms with Crippen LogP contribution in [-0.2, 0) is 4.74 Å². The van der Waals surface area contributed by atoms with E-state index < -0.39 is 0 Å². The highest BCUT2D eigenvalue weighted by atomic mass is 35.5. The zero-order valence-corrected chi connectivity index (χ0v) is 13.4. The number of halogens is 1. The van der Waals surface area contributed by atoms with E-state index in [4.69, 9.17) is 16.3 Å². The molecule has 0 spiro atoms. The van der Waals surface area contributed by atoms with E-state index in [0.717, 1.165) is 29.4 Å². The van der Waals surface area contributed by atoms with E-state index in [-0.39, 0.29) is 6.23 Å². The van der Waals surface area contributed by atoms with Gasteiger partial charge in [0.2, 0.25) is 0 Å². The van der Waals surface area contributed by atoms with Crippen molar-refractivity contribution in [2.24, 2.45) is 0 Å². The van der Waals surface area contributed by atoms with Crippen LogP contribution in [0.4, 0.5) is 5.69 Å². The van der Waals surface area contributed by atoms with Crippen molar-refractivity contribution in [3.05, 3.63) is 83.6 Å². The van der Waals surface area contributed by atoms with Gasteiger partial charge in [-0.05, 0) is 42.5 Å². The van der Waals surface area contributed by atoms with Crippen molar-refractivity contribution in [3.63, 3.8) is 0 Å². The van der Waals surface area contributed by atoms with Crippen molar-refractivity contribution in [3.8, 4) is 5.69 Å². The average Bonchev–Trinajstić information content (AvgIpc) is 3.25. The summed E-state index contributed by atoms with van der Waals surface area (Å²) in [5.41, 5.74) is 3.43. The highest BCUT2D eigenvalue weighted by molar-refractivity contribution is 6.30. The Morgan fingerprint density at radius 1 is 0.913 bits per heavy atom. The molecule has 1 aliphatic rings. The zero-order chi connectivity index (χ0) is 15.6. The normalized spacial score (nSPS) is 17.6. The number of rotatable bonds is 3. The Morgan fingerprint density at radius 2 is 1.70 bits per heavy atom. The Bertz CT molecular complexity index is 783. The van der Waals surface area contributed by atoms with E-state index >= 15 is 0 Å².